The molecule has 0 saturated carbocycles. The molecule has 4 aromatic carbocycles. The van der Waals surface area contributed by atoms with Crippen molar-refractivity contribution in [3.8, 4) is 33.8 Å². The molecule has 4 aromatic heterocycles. The Bertz CT molecular complexity index is 2210. The van der Waals surface area contributed by atoms with Gasteiger partial charge in [0.15, 0.2) is 0 Å². The second-order valence-corrected chi connectivity index (χ2v) is 9.97. The number of rotatable bonds is 3. The van der Waals surface area contributed by atoms with Gasteiger partial charge < -0.3 is 0 Å². The maximum Gasteiger partial charge on any atom is 0.0972 e. The van der Waals surface area contributed by atoms with Gasteiger partial charge in [0.25, 0.3) is 0 Å². The number of pyridine rings is 4. The van der Waals surface area contributed by atoms with Crippen molar-refractivity contribution < 1.29 is 0 Å². The van der Waals surface area contributed by atoms with E-state index in [9.17, 15) is 0 Å². The summed E-state index contributed by atoms with van der Waals surface area (Å²) in [7, 11) is 0. The van der Waals surface area contributed by atoms with Crippen molar-refractivity contribution >= 4 is 43.5 Å². The van der Waals surface area contributed by atoms with Crippen LogP contribution >= 0.6 is 0 Å². The predicted molar refractivity (Wildman–Crippen MR) is 164 cm³/mol. The molecule has 8 rings (SSSR count). The van der Waals surface area contributed by atoms with Crippen molar-refractivity contribution in [3.05, 3.63) is 134 Å². The minimum Gasteiger partial charge on any atom is -0.256 e. The summed E-state index contributed by atoms with van der Waals surface area (Å²) in [5.41, 5.74) is 8.61. The Morgan fingerprint density at radius 1 is 0.425 bits per heavy atom. The van der Waals surface area contributed by atoms with Crippen molar-refractivity contribution in [2.75, 3.05) is 0 Å². The standard InChI is InChI=1S/C36H22N4/c1-2-6-26-21-27(13-10-23(26)5-1)31-17-14-24-11-12-25-15-18-32(40-36(25)35(24)39-31)28-16-19-34(38-22-28)29-7-3-9-33-30(29)8-4-20-37-33/h1-22H. The van der Waals surface area contributed by atoms with Crippen molar-refractivity contribution in [2.45, 2.75) is 0 Å². The van der Waals surface area contributed by atoms with Crippen LogP contribution in [0.4, 0.5) is 0 Å². The highest BCUT2D eigenvalue weighted by molar-refractivity contribution is 6.04. The fraction of sp³-hybridized carbons (Fsp3) is 0. The quantitative estimate of drug-likeness (QED) is 0.223. The lowest BCUT2D eigenvalue weighted by Gasteiger charge is -2.09. The van der Waals surface area contributed by atoms with Crippen molar-refractivity contribution in [1.82, 2.24) is 19.9 Å². The summed E-state index contributed by atoms with van der Waals surface area (Å²) >= 11 is 0. The molecule has 0 bridgehead atoms. The Morgan fingerprint density at radius 2 is 1.10 bits per heavy atom. The maximum absolute atomic E-state index is 5.11. The van der Waals surface area contributed by atoms with E-state index in [1.807, 2.05) is 30.6 Å². The van der Waals surface area contributed by atoms with Gasteiger partial charge in [-0.15, -0.1) is 0 Å². The molecule has 40 heavy (non-hydrogen) atoms. The van der Waals surface area contributed by atoms with Gasteiger partial charge in [0.2, 0.25) is 0 Å². The van der Waals surface area contributed by atoms with Crippen molar-refractivity contribution in [1.29, 1.82) is 0 Å². The first-order valence-corrected chi connectivity index (χ1v) is 13.3. The van der Waals surface area contributed by atoms with Crippen LogP contribution in [0, 0.1) is 0 Å². The number of benzene rings is 4. The maximum atomic E-state index is 5.11. The van der Waals surface area contributed by atoms with Gasteiger partial charge in [-0.1, -0.05) is 78.9 Å². The Hall–Kier alpha value is -5.48. The normalized spacial score (nSPS) is 11.5. The van der Waals surface area contributed by atoms with E-state index >= 15 is 0 Å². The van der Waals surface area contributed by atoms with Crippen LogP contribution in [0.2, 0.25) is 0 Å². The van der Waals surface area contributed by atoms with Crippen LogP contribution in [0.15, 0.2) is 134 Å². The molecule has 0 saturated heterocycles. The largest absolute Gasteiger partial charge is 0.256 e. The van der Waals surface area contributed by atoms with Gasteiger partial charge in [0, 0.05) is 45.2 Å². The minimum atomic E-state index is 0.872. The SMILES string of the molecule is c1ccc2cc(-c3ccc4ccc5ccc(-c6ccc(-c7cccc8ncccc78)nc6)nc5c4n3)ccc2c1. The zero-order chi connectivity index (χ0) is 26.5. The first-order chi connectivity index (χ1) is 19.8. The smallest absolute Gasteiger partial charge is 0.0972 e. The average molecular weight is 511 g/mol. The molecular weight excluding hydrogens is 488 g/mol. The van der Waals surface area contributed by atoms with Crippen LogP contribution in [-0.2, 0) is 0 Å². The lowest BCUT2D eigenvalue weighted by molar-refractivity contribution is 1.30. The number of fused-ring (bicyclic) bond motifs is 5. The monoisotopic (exact) mass is 510 g/mol. The molecule has 0 amide bonds. The molecule has 4 heteroatoms. The van der Waals surface area contributed by atoms with E-state index in [2.05, 4.69) is 108 Å². The molecule has 0 aliphatic heterocycles. The average Bonchev–Trinajstić information content (AvgIpc) is 3.04. The molecule has 0 aliphatic rings. The third kappa shape index (κ3) is 3.77. The third-order valence-corrected chi connectivity index (χ3v) is 7.55. The Balaban J connectivity index is 1.22. The first kappa shape index (κ1) is 22.5. The van der Waals surface area contributed by atoms with Gasteiger partial charge in [-0.25, -0.2) is 9.97 Å². The molecule has 0 fully saturated rings. The molecule has 8 aromatic rings. The van der Waals surface area contributed by atoms with Gasteiger partial charge >= 0.3 is 0 Å². The molecule has 4 nitrogen and oxygen atoms in total. The van der Waals surface area contributed by atoms with E-state index in [0.717, 1.165) is 66.5 Å². The zero-order valence-corrected chi connectivity index (χ0v) is 21.5. The van der Waals surface area contributed by atoms with Crippen LogP contribution in [0.25, 0.3) is 77.3 Å². The van der Waals surface area contributed by atoms with E-state index in [1.54, 1.807) is 0 Å². The molecule has 4 heterocycles. The minimum absolute atomic E-state index is 0.872. The topological polar surface area (TPSA) is 51.6 Å². The number of hydrogen-bond acceptors (Lipinski definition) is 4. The molecule has 0 aliphatic carbocycles. The fourth-order valence-electron chi connectivity index (χ4n) is 5.47. The number of nitrogens with zero attached hydrogens (tertiary/aromatic N) is 4. The van der Waals surface area contributed by atoms with Crippen LogP contribution in [0.1, 0.15) is 0 Å². The fourth-order valence-corrected chi connectivity index (χ4v) is 5.47. The number of hydrogen-bond donors (Lipinski definition) is 0. The van der Waals surface area contributed by atoms with E-state index in [1.165, 1.54) is 10.8 Å². The summed E-state index contributed by atoms with van der Waals surface area (Å²) < 4.78 is 0. The summed E-state index contributed by atoms with van der Waals surface area (Å²) in [6, 6.07) is 41.9. The first-order valence-electron chi connectivity index (χ1n) is 13.3. The van der Waals surface area contributed by atoms with Crippen LogP contribution in [0.5, 0.6) is 0 Å². The molecule has 0 atom stereocenters. The Kier molecular flexibility index (Phi) is 5.10. The summed E-state index contributed by atoms with van der Waals surface area (Å²) in [6.45, 7) is 0. The summed E-state index contributed by atoms with van der Waals surface area (Å²) in [5.74, 6) is 0. The Labute approximate surface area is 230 Å². The van der Waals surface area contributed by atoms with Crippen LogP contribution in [0.3, 0.4) is 0 Å². The Morgan fingerprint density at radius 3 is 1.88 bits per heavy atom. The third-order valence-electron chi connectivity index (χ3n) is 7.55. The van der Waals surface area contributed by atoms with Gasteiger partial charge in [-0.2, -0.15) is 0 Å². The van der Waals surface area contributed by atoms with Gasteiger partial charge in [0.1, 0.15) is 0 Å². The highest BCUT2D eigenvalue weighted by atomic mass is 14.8. The van der Waals surface area contributed by atoms with Gasteiger partial charge in [-0.05, 0) is 53.2 Å². The molecule has 0 radical (unpaired) electrons. The van der Waals surface area contributed by atoms with E-state index in [0.29, 0.717) is 0 Å². The summed E-state index contributed by atoms with van der Waals surface area (Å²) in [6.07, 6.45) is 3.72. The van der Waals surface area contributed by atoms with Crippen LogP contribution < -0.4 is 0 Å². The van der Waals surface area contributed by atoms with E-state index in [4.69, 9.17) is 15.0 Å². The van der Waals surface area contributed by atoms with Crippen LogP contribution in [-0.4, -0.2) is 19.9 Å². The highest BCUT2D eigenvalue weighted by Crippen LogP contribution is 2.31. The van der Waals surface area contributed by atoms with Gasteiger partial charge in [-0.3, -0.25) is 9.97 Å². The van der Waals surface area contributed by atoms with E-state index in [-0.39, 0.29) is 0 Å². The molecule has 0 spiro atoms. The number of aromatic nitrogens is 4. The highest BCUT2D eigenvalue weighted by Gasteiger charge is 2.11. The van der Waals surface area contributed by atoms with Crippen molar-refractivity contribution in [2.24, 2.45) is 0 Å². The molecule has 0 N–H and O–H groups in total. The zero-order valence-electron chi connectivity index (χ0n) is 21.5. The predicted octanol–water partition coefficient (Wildman–Crippen LogP) is 8.88. The second-order valence-electron chi connectivity index (χ2n) is 9.97. The second kappa shape index (κ2) is 9.07. The van der Waals surface area contributed by atoms with E-state index < -0.39 is 0 Å². The molecular formula is C36H22N4. The summed E-state index contributed by atoms with van der Waals surface area (Å²) in [5, 5.41) is 5.65. The van der Waals surface area contributed by atoms with Gasteiger partial charge in [0.05, 0.1) is 33.6 Å². The molecule has 0 unspecified atom stereocenters. The molecule has 186 valence electrons. The summed E-state index contributed by atoms with van der Waals surface area (Å²) in [4.78, 5) is 19.5. The van der Waals surface area contributed by atoms with Crippen molar-refractivity contribution in [3.63, 3.8) is 0 Å². The lowest BCUT2D eigenvalue weighted by Crippen LogP contribution is -1.92. The lowest BCUT2D eigenvalue weighted by atomic mass is 10.0.